The molecule has 0 fully saturated rings. The third-order valence-electron chi connectivity index (χ3n) is 0.207. The molecule has 0 aliphatic heterocycles. The summed E-state index contributed by atoms with van der Waals surface area (Å²) >= 11 is 3.24. The smallest absolute Gasteiger partial charge is 0.365 e. The van der Waals surface area contributed by atoms with Gasteiger partial charge in [0.25, 0.3) is 0 Å². The van der Waals surface area contributed by atoms with Gasteiger partial charge in [-0.2, -0.15) is 0 Å². The van der Waals surface area contributed by atoms with Gasteiger partial charge in [0.1, 0.15) is 6.73 Å². The predicted molar refractivity (Wildman–Crippen MR) is 24.5 cm³/mol. The average molecular weight is 107 g/mol. The zero-order valence-corrected chi connectivity index (χ0v) is 3.94. The van der Waals surface area contributed by atoms with E-state index in [1.54, 1.807) is 0 Å². The SMILES string of the molecule is NCOC(=O)S. The van der Waals surface area contributed by atoms with Crippen molar-refractivity contribution in [2.24, 2.45) is 5.73 Å². The molecule has 0 bridgehead atoms. The maximum atomic E-state index is 9.61. The molecule has 0 aliphatic carbocycles. The largest absolute Gasteiger partial charge is 0.442 e. The van der Waals surface area contributed by atoms with Crippen molar-refractivity contribution in [3.05, 3.63) is 0 Å². The monoisotopic (exact) mass is 107 g/mol. The van der Waals surface area contributed by atoms with Crippen LogP contribution in [0.3, 0.4) is 0 Å². The minimum atomic E-state index is -0.641. The Bertz CT molecular complexity index is 55.5. The molecule has 0 rings (SSSR count). The highest BCUT2D eigenvalue weighted by molar-refractivity contribution is 7.96. The number of nitrogens with two attached hydrogens (primary N) is 1. The molecule has 0 saturated carbocycles. The highest BCUT2D eigenvalue weighted by Gasteiger charge is 1.83. The molecular formula is C2H5NO2S. The minimum Gasteiger partial charge on any atom is -0.442 e. The standard InChI is InChI=1S/C2H5NO2S/c3-1-5-2(4)6/h1,3H2,(H,4,6). The van der Waals surface area contributed by atoms with Crippen molar-refractivity contribution in [1.82, 2.24) is 0 Å². The van der Waals surface area contributed by atoms with E-state index >= 15 is 0 Å². The lowest BCUT2D eigenvalue weighted by molar-refractivity contribution is 0.179. The molecule has 2 N–H and O–H groups in total. The molecule has 0 saturated heterocycles. The van der Waals surface area contributed by atoms with Crippen LogP contribution in [-0.2, 0) is 4.74 Å². The molecule has 3 nitrogen and oxygen atoms in total. The quantitative estimate of drug-likeness (QED) is 0.281. The van der Waals surface area contributed by atoms with Crippen molar-refractivity contribution >= 4 is 17.9 Å². The summed E-state index contributed by atoms with van der Waals surface area (Å²) < 4.78 is 4.04. The van der Waals surface area contributed by atoms with Crippen LogP contribution in [0.25, 0.3) is 0 Å². The summed E-state index contributed by atoms with van der Waals surface area (Å²) in [4.78, 5) is 9.61. The lowest BCUT2D eigenvalue weighted by atomic mass is 11.3. The van der Waals surface area contributed by atoms with Crippen molar-refractivity contribution in [1.29, 1.82) is 0 Å². The van der Waals surface area contributed by atoms with E-state index in [0.29, 0.717) is 0 Å². The topological polar surface area (TPSA) is 52.3 Å². The number of rotatable bonds is 1. The Morgan fingerprint density at radius 1 is 2.00 bits per heavy atom. The van der Waals surface area contributed by atoms with Gasteiger partial charge in [0.05, 0.1) is 0 Å². The van der Waals surface area contributed by atoms with Gasteiger partial charge in [0.2, 0.25) is 0 Å². The van der Waals surface area contributed by atoms with Crippen LogP contribution in [0.5, 0.6) is 0 Å². The van der Waals surface area contributed by atoms with Gasteiger partial charge in [-0.25, -0.2) is 4.79 Å². The number of hydrogen-bond acceptors (Lipinski definition) is 3. The predicted octanol–water partition coefficient (Wildman–Crippen LogP) is -0.0310. The molecule has 4 heteroatoms. The van der Waals surface area contributed by atoms with E-state index in [2.05, 4.69) is 17.4 Å². The maximum absolute atomic E-state index is 9.61. The lowest BCUT2D eigenvalue weighted by Gasteiger charge is -1.88. The average Bonchev–Trinajstić information content (AvgIpc) is 1.35. The fourth-order valence-electron chi connectivity index (χ4n) is 0.0713. The van der Waals surface area contributed by atoms with Gasteiger partial charge >= 0.3 is 5.30 Å². The first kappa shape index (κ1) is 5.78. The van der Waals surface area contributed by atoms with Crippen molar-refractivity contribution in [2.75, 3.05) is 6.73 Å². The molecule has 0 amide bonds. The summed E-state index contributed by atoms with van der Waals surface area (Å²) in [5.41, 5.74) is 4.74. The number of carbonyl (C=O) groups is 1. The summed E-state index contributed by atoms with van der Waals surface area (Å²) in [5, 5.41) is -0.641. The van der Waals surface area contributed by atoms with E-state index in [9.17, 15) is 4.79 Å². The summed E-state index contributed by atoms with van der Waals surface area (Å²) in [5.74, 6) is 0. The van der Waals surface area contributed by atoms with Crippen LogP contribution >= 0.6 is 12.6 Å². The van der Waals surface area contributed by atoms with Crippen molar-refractivity contribution in [2.45, 2.75) is 0 Å². The highest BCUT2D eigenvalue weighted by Crippen LogP contribution is 1.79. The van der Waals surface area contributed by atoms with Crippen LogP contribution in [0.2, 0.25) is 0 Å². The number of thiol groups is 1. The molecule has 0 radical (unpaired) electrons. The summed E-state index contributed by atoms with van der Waals surface area (Å²) in [6.45, 7) is -0.0949. The zero-order chi connectivity index (χ0) is 4.99. The summed E-state index contributed by atoms with van der Waals surface area (Å²) in [6, 6.07) is 0. The van der Waals surface area contributed by atoms with Gasteiger partial charge in [-0.15, -0.1) is 0 Å². The van der Waals surface area contributed by atoms with Crippen molar-refractivity contribution in [3.8, 4) is 0 Å². The second-order valence-electron chi connectivity index (χ2n) is 0.577. The first-order chi connectivity index (χ1) is 2.77. The molecule has 0 aromatic carbocycles. The number of carbonyl (C=O) groups excluding carboxylic acids is 1. The Morgan fingerprint density at radius 3 is 2.50 bits per heavy atom. The van der Waals surface area contributed by atoms with E-state index in [1.165, 1.54) is 0 Å². The van der Waals surface area contributed by atoms with Crippen molar-refractivity contribution < 1.29 is 9.53 Å². The van der Waals surface area contributed by atoms with Crippen LogP contribution in [0.15, 0.2) is 0 Å². The van der Waals surface area contributed by atoms with Gasteiger partial charge < -0.3 is 4.74 Å². The second-order valence-corrected chi connectivity index (χ2v) is 0.942. The van der Waals surface area contributed by atoms with Gasteiger partial charge in [-0.1, -0.05) is 12.6 Å². The maximum Gasteiger partial charge on any atom is 0.365 e. The van der Waals surface area contributed by atoms with Gasteiger partial charge in [0, 0.05) is 0 Å². The van der Waals surface area contributed by atoms with Crippen LogP contribution in [0, 0.1) is 0 Å². The Hall–Kier alpha value is -0.220. The fourth-order valence-corrected chi connectivity index (χ4v) is 0.146. The van der Waals surface area contributed by atoms with Crippen molar-refractivity contribution in [3.63, 3.8) is 0 Å². The molecule has 6 heavy (non-hydrogen) atoms. The van der Waals surface area contributed by atoms with E-state index in [4.69, 9.17) is 5.73 Å². The van der Waals surface area contributed by atoms with E-state index in [-0.39, 0.29) is 6.73 Å². The van der Waals surface area contributed by atoms with E-state index < -0.39 is 5.30 Å². The molecule has 36 valence electrons. The number of hydrogen-bond donors (Lipinski definition) is 2. The Labute approximate surface area is 40.9 Å². The summed E-state index contributed by atoms with van der Waals surface area (Å²) in [6.07, 6.45) is 0. The first-order valence-electron chi connectivity index (χ1n) is 1.33. The highest BCUT2D eigenvalue weighted by atomic mass is 32.1. The fraction of sp³-hybridized carbons (Fsp3) is 0.500. The zero-order valence-electron chi connectivity index (χ0n) is 3.05. The van der Waals surface area contributed by atoms with Crippen LogP contribution in [0.1, 0.15) is 0 Å². The van der Waals surface area contributed by atoms with E-state index in [1.807, 2.05) is 0 Å². The van der Waals surface area contributed by atoms with Gasteiger partial charge in [-0.05, 0) is 0 Å². The molecule has 0 aromatic rings. The molecule has 0 aromatic heterocycles. The minimum absolute atomic E-state index is 0.0949. The summed E-state index contributed by atoms with van der Waals surface area (Å²) in [7, 11) is 0. The second kappa shape index (κ2) is 2.99. The van der Waals surface area contributed by atoms with Crippen LogP contribution in [0.4, 0.5) is 4.79 Å². The molecule has 0 atom stereocenters. The van der Waals surface area contributed by atoms with E-state index in [0.717, 1.165) is 0 Å². The normalized spacial score (nSPS) is 7.67. The Balaban J connectivity index is 2.83. The molecule has 0 unspecified atom stereocenters. The van der Waals surface area contributed by atoms with Crippen LogP contribution in [-0.4, -0.2) is 12.0 Å². The van der Waals surface area contributed by atoms with Gasteiger partial charge in [-0.3, -0.25) is 5.73 Å². The third-order valence-corrected chi connectivity index (χ3v) is 0.336. The first-order valence-corrected chi connectivity index (χ1v) is 1.78. The molecule has 0 heterocycles. The molecule has 0 spiro atoms. The Kier molecular flexibility index (Phi) is 2.88. The third kappa shape index (κ3) is 3.78. The lowest BCUT2D eigenvalue weighted by Crippen LogP contribution is -2.05. The Morgan fingerprint density at radius 2 is 2.50 bits per heavy atom. The van der Waals surface area contributed by atoms with Crippen LogP contribution < -0.4 is 5.73 Å². The van der Waals surface area contributed by atoms with Gasteiger partial charge in [0.15, 0.2) is 0 Å². The molecule has 0 aliphatic rings. The molecular weight excluding hydrogens is 102 g/mol. The number of ether oxygens (including phenoxy) is 1.